The molecule has 0 heterocycles. The van der Waals surface area contributed by atoms with Crippen LogP contribution in [0.1, 0.15) is 20.3 Å². The van der Waals surface area contributed by atoms with E-state index in [1.807, 2.05) is 0 Å². The van der Waals surface area contributed by atoms with Crippen LogP contribution in [0.4, 0.5) is 0 Å². The Bertz CT molecular complexity index is 165. The van der Waals surface area contributed by atoms with Gasteiger partial charge in [0.05, 0.1) is 13.2 Å². The molecular formula is C9H21ClN2O2. The van der Waals surface area contributed by atoms with Gasteiger partial charge in [-0.1, -0.05) is 13.8 Å². The first-order chi connectivity index (χ1) is 6.02. The molecule has 1 unspecified atom stereocenters. The van der Waals surface area contributed by atoms with E-state index in [2.05, 4.69) is 19.2 Å². The number of halogens is 1. The highest BCUT2D eigenvalue weighted by Crippen LogP contribution is 2.06. The zero-order valence-corrected chi connectivity index (χ0v) is 10.4. The second kappa shape index (κ2) is 8.03. The van der Waals surface area contributed by atoms with Crippen molar-refractivity contribution >= 4 is 18.3 Å². The molecule has 0 fully saturated rings. The fourth-order valence-electron chi connectivity index (χ4n) is 1.12. The Hall–Kier alpha value is -0.320. The van der Waals surface area contributed by atoms with Crippen molar-refractivity contribution in [2.24, 2.45) is 5.92 Å². The summed E-state index contributed by atoms with van der Waals surface area (Å²) in [5.74, 6) is 0.463. The van der Waals surface area contributed by atoms with Gasteiger partial charge in [0.15, 0.2) is 0 Å². The van der Waals surface area contributed by atoms with E-state index < -0.39 is 0 Å². The molecule has 0 aromatic carbocycles. The Morgan fingerprint density at radius 3 is 2.29 bits per heavy atom. The van der Waals surface area contributed by atoms with Crippen LogP contribution in [-0.4, -0.2) is 38.2 Å². The monoisotopic (exact) mass is 224 g/mol. The normalized spacial score (nSPS) is 12.1. The third-order valence-corrected chi connectivity index (χ3v) is 1.94. The Morgan fingerprint density at radius 1 is 1.50 bits per heavy atom. The van der Waals surface area contributed by atoms with E-state index in [0.717, 1.165) is 6.42 Å². The number of hydrogen-bond acceptors (Lipinski definition) is 3. The molecule has 1 atom stereocenters. The highest BCUT2D eigenvalue weighted by atomic mass is 35.5. The molecule has 0 aliphatic heterocycles. The lowest BCUT2D eigenvalue weighted by molar-refractivity contribution is -0.171. The van der Waals surface area contributed by atoms with E-state index >= 15 is 0 Å². The molecule has 1 N–H and O–H groups in total. The van der Waals surface area contributed by atoms with E-state index in [0.29, 0.717) is 5.92 Å². The van der Waals surface area contributed by atoms with E-state index in [-0.39, 0.29) is 24.4 Å². The van der Waals surface area contributed by atoms with Gasteiger partial charge in [-0.2, -0.15) is 0 Å². The Labute approximate surface area is 92.4 Å². The summed E-state index contributed by atoms with van der Waals surface area (Å²) in [7, 11) is 4.89. The molecule has 0 saturated heterocycles. The van der Waals surface area contributed by atoms with Crippen LogP contribution >= 0.6 is 12.4 Å². The number of hydrogen-bond donors (Lipinski definition) is 1. The van der Waals surface area contributed by atoms with E-state index in [1.54, 1.807) is 14.1 Å². The van der Waals surface area contributed by atoms with Crippen LogP contribution in [0, 0.1) is 5.92 Å². The lowest BCUT2D eigenvalue weighted by atomic mass is 10.0. The first-order valence-electron chi connectivity index (χ1n) is 4.51. The Morgan fingerprint density at radius 2 is 2.00 bits per heavy atom. The van der Waals surface area contributed by atoms with Crippen LogP contribution in [-0.2, 0) is 9.63 Å². The van der Waals surface area contributed by atoms with Crippen LogP contribution in [0.25, 0.3) is 0 Å². The van der Waals surface area contributed by atoms with Crippen molar-refractivity contribution in [3.05, 3.63) is 0 Å². The number of nitrogens with one attached hydrogen (secondary N) is 1. The number of likely N-dealkylation sites (N-methyl/N-ethyl adjacent to an activating group) is 2. The summed E-state index contributed by atoms with van der Waals surface area (Å²) in [4.78, 5) is 16.4. The molecule has 0 aliphatic rings. The fourth-order valence-corrected chi connectivity index (χ4v) is 1.12. The van der Waals surface area contributed by atoms with Crippen LogP contribution < -0.4 is 5.32 Å². The average Bonchev–Trinajstić information content (AvgIpc) is 2.11. The molecule has 0 aromatic heterocycles. The quantitative estimate of drug-likeness (QED) is 0.711. The van der Waals surface area contributed by atoms with Gasteiger partial charge in [0, 0.05) is 7.05 Å². The molecule has 0 aromatic rings. The van der Waals surface area contributed by atoms with Crippen molar-refractivity contribution < 1.29 is 9.63 Å². The van der Waals surface area contributed by atoms with Gasteiger partial charge in [-0.05, 0) is 19.4 Å². The van der Waals surface area contributed by atoms with Gasteiger partial charge in [-0.25, -0.2) is 5.06 Å². The van der Waals surface area contributed by atoms with E-state index in [4.69, 9.17) is 4.84 Å². The number of amides is 1. The van der Waals surface area contributed by atoms with Crippen LogP contribution in [0.15, 0.2) is 0 Å². The number of carbonyl (C=O) groups excluding carboxylic acids is 1. The number of rotatable bonds is 5. The molecule has 0 spiro atoms. The molecule has 0 radical (unpaired) electrons. The highest BCUT2D eigenvalue weighted by Gasteiger charge is 2.21. The molecule has 0 rings (SSSR count). The van der Waals surface area contributed by atoms with Gasteiger partial charge in [0.25, 0.3) is 5.91 Å². The minimum absolute atomic E-state index is 0. The molecule has 4 nitrogen and oxygen atoms in total. The Kier molecular flexibility index (Phi) is 9.24. The van der Waals surface area contributed by atoms with E-state index in [1.165, 1.54) is 12.2 Å². The van der Waals surface area contributed by atoms with E-state index in [9.17, 15) is 4.79 Å². The maximum absolute atomic E-state index is 11.6. The summed E-state index contributed by atoms with van der Waals surface area (Å²) in [6.07, 6.45) is 0.822. The third kappa shape index (κ3) is 5.42. The van der Waals surface area contributed by atoms with Gasteiger partial charge < -0.3 is 5.32 Å². The Balaban J connectivity index is 0. The molecular weight excluding hydrogens is 204 g/mol. The van der Waals surface area contributed by atoms with Crippen LogP contribution in [0.2, 0.25) is 0 Å². The third-order valence-electron chi connectivity index (χ3n) is 1.94. The standard InChI is InChI=1S/C9H20N2O2.ClH/c1-7(2)6-8(10-3)9(12)11(4)13-5;/h7-8,10H,6H2,1-5H3;1H. The summed E-state index contributed by atoms with van der Waals surface area (Å²) in [6.45, 7) is 4.18. The number of hydroxylamine groups is 2. The lowest BCUT2D eigenvalue weighted by Gasteiger charge is -2.22. The molecule has 0 bridgehead atoms. The minimum Gasteiger partial charge on any atom is -0.309 e. The summed E-state index contributed by atoms with van der Waals surface area (Å²) in [5.41, 5.74) is 0. The summed E-state index contributed by atoms with van der Waals surface area (Å²) >= 11 is 0. The first-order valence-corrected chi connectivity index (χ1v) is 4.51. The lowest BCUT2D eigenvalue weighted by Crippen LogP contribution is -2.43. The summed E-state index contributed by atoms with van der Waals surface area (Å²) in [5, 5.41) is 4.23. The molecule has 0 aliphatic carbocycles. The topological polar surface area (TPSA) is 41.6 Å². The van der Waals surface area contributed by atoms with Crippen molar-refractivity contribution in [3.8, 4) is 0 Å². The van der Waals surface area contributed by atoms with Crippen molar-refractivity contribution in [2.45, 2.75) is 26.3 Å². The number of carbonyl (C=O) groups is 1. The van der Waals surface area contributed by atoms with Gasteiger partial charge in [0.1, 0.15) is 0 Å². The predicted molar refractivity (Wildman–Crippen MR) is 59.3 cm³/mol. The maximum atomic E-state index is 11.6. The second-order valence-corrected chi connectivity index (χ2v) is 3.49. The first kappa shape index (κ1) is 16.1. The van der Waals surface area contributed by atoms with Crippen LogP contribution in [0.3, 0.4) is 0 Å². The highest BCUT2D eigenvalue weighted by molar-refractivity contribution is 5.85. The zero-order chi connectivity index (χ0) is 10.4. The zero-order valence-electron chi connectivity index (χ0n) is 9.53. The molecule has 5 heteroatoms. The van der Waals surface area contributed by atoms with Gasteiger partial charge >= 0.3 is 0 Å². The average molecular weight is 225 g/mol. The van der Waals surface area contributed by atoms with Gasteiger partial charge in [0.2, 0.25) is 0 Å². The molecule has 0 saturated carbocycles. The number of nitrogens with zero attached hydrogens (tertiary/aromatic N) is 1. The van der Waals surface area contributed by atoms with Crippen molar-refractivity contribution in [1.29, 1.82) is 0 Å². The fraction of sp³-hybridized carbons (Fsp3) is 0.889. The summed E-state index contributed by atoms with van der Waals surface area (Å²) < 4.78 is 0. The van der Waals surface area contributed by atoms with Crippen LogP contribution in [0.5, 0.6) is 0 Å². The maximum Gasteiger partial charge on any atom is 0.262 e. The SMILES string of the molecule is CNC(CC(C)C)C(=O)N(C)OC.Cl. The van der Waals surface area contributed by atoms with Crippen molar-refractivity contribution in [1.82, 2.24) is 10.4 Å². The van der Waals surface area contributed by atoms with Crippen molar-refractivity contribution in [2.75, 3.05) is 21.2 Å². The minimum atomic E-state index is -0.148. The second-order valence-electron chi connectivity index (χ2n) is 3.49. The predicted octanol–water partition coefficient (Wildman–Crippen LogP) is 1.06. The van der Waals surface area contributed by atoms with Gasteiger partial charge in [-0.15, -0.1) is 12.4 Å². The largest absolute Gasteiger partial charge is 0.309 e. The van der Waals surface area contributed by atoms with Gasteiger partial charge in [-0.3, -0.25) is 9.63 Å². The molecule has 1 amide bonds. The smallest absolute Gasteiger partial charge is 0.262 e. The molecule has 86 valence electrons. The summed E-state index contributed by atoms with van der Waals surface area (Å²) in [6, 6.07) is -0.148. The van der Waals surface area contributed by atoms with Crippen molar-refractivity contribution in [3.63, 3.8) is 0 Å². The molecule has 14 heavy (non-hydrogen) atoms.